The number of amides is 4. The Labute approximate surface area is 143 Å². The van der Waals surface area contributed by atoms with E-state index < -0.39 is 23.8 Å². The maximum atomic E-state index is 12.8. The molecule has 8 nitrogen and oxygen atoms in total. The molecule has 3 heterocycles. The van der Waals surface area contributed by atoms with E-state index in [-0.39, 0.29) is 24.8 Å². The highest BCUT2D eigenvalue weighted by atomic mass is 16.2. The zero-order valence-corrected chi connectivity index (χ0v) is 13.5. The smallest absolute Gasteiger partial charge is 0.262 e. The number of hydrogen-bond acceptors (Lipinski definition) is 6. The Morgan fingerprint density at radius 3 is 2.48 bits per heavy atom. The van der Waals surface area contributed by atoms with E-state index in [1.807, 2.05) is 0 Å². The average Bonchev–Trinajstić information content (AvgIpc) is 3.11. The Balaban J connectivity index is 1.63. The molecule has 4 rings (SSSR count). The van der Waals surface area contributed by atoms with Crippen LogP contribution in [0.3, 0.4) is 0 Å². The maximum Gasteiger partial charge on any atom is 0.262 e. The number of nitrogens with two attached hydrogens (primary N) is 1. The molecule has 2 unspecified atom stereocenters. The van der Waals surface area contributed by atoms with E-state index in [0.717, 1.165) is 23.6 Å². The number of piperidine rings is 1. The number of imide groups is 2. The van der Waals surface area contributed by atoms with Gasteiger partial charge in [-0.1, -0.05) is 0 Å². The standard InChI is InChI=1S/C17H18N4O4/c18-9-5-6-20(8-9)10-1-2-11-12(7-10)17(25)21(16(11)24)13-3-4-14(22)19-15(13)23/h1-2,7,9,13H,3-6,8,18H2,(H,19,22,23). The third-order valence-corrected chi connectivity index (χ3v) is 5.01. The van der Waals surface area contributed by atoms with E-state index in [9.17, 15) is 19.2 Å². The Bertz CT molecular complexity index is 806. The van der Waals surface area contributed by atoms with Gasteiger partial charge in [-0.3, -0.25) is 29.4 Å². The van der Waals surface area contributed by atoms with Crippen LogP contribution < -0.4 is 16.0 Å². The maximum absolute atomic E-state index is 12.8. The van der Waals surface area contributed by atoms with Crippen LogP contribution in [0.4, 0.5) is 5.69 Å². The van der Waals surface area contributed by atoms with Gasteiger partial charge in [-0.25, -0.2) is 0 Å². The fourth-order valence-corrected chi connectivity index (χ4v) is 3.68. The van der Waals surface area contributed by atoms with Crippen LogP contribution >= 0.6 is 0 Å². The number of nitrogens with one attached hydrogen (secondary N) is 1. The SMILES string of the molecule is NC1CCN(c2ccc3c(c2)C(=O)N(C2CCC(=O)NC2=O)C3=O)C1. The van der Waals surface area contributed by atoms with E-state index in [1.165, 1.54) is 0 Å². The minimum Gasteiger partial charge on any atom is -0.370 e. The molecule has 0 aliphatic carbocycles. The summed E-state index contributed by atoms with van der Waals surface area (Å²) in [7, 11) is 0. The fourth-order valence-electron chi connectivity index (χ4n) is 3.68. The fraction of sp³-hybridized carbons (Fsp3) is 0.412. The molecule has 8 heteroatoms. The number of nitrogens with zero attached hydrogens (tertiary/aromatic N) is 2. The Morgan fingerprint density at radius 1 is 1.04 bits per heavy atom. The second-order valence-corrected chi connectivity index (χ2v) is 6.67. The van der Waals surface area contributed by atoms with Crippen molar-refractivity contribution >= 4 is 29.3 Å². The van der Waals surface area contributed by atoms with Crippen LogP contribution in [-0.4, -0.2) is 53.7 Å². The number of rotatable bonds is 2. The lowest BCUT2D eigenvalue weighted by atomic mass is 10.0. The van der Waals surface area contributed by atoms with E-state index in [2.05, 4.69) is 10.2 Å². The van der Waals surface area contributed by atoms with Crippen molar-refractivity contribution in [2.75, 3.05) is 18.0 Å². The second kappa shape index (κ2) is 5.66. The van der Waals surface area contributed by atoms with Gasteiger partial charge in [0.15, 0.2) is 0 Å². The lowest BCUT2D eigenvalue weighted by molar-refractivity contribution is -0.136. The third kappa shape index (κ3) is 2.49. The molecule has 2 fully saturated rings. The molecular formula is C17H18N4O4. The molecule has 0 bridgehead atoms. The first-order valence-electron chi connectivity index (χ1n) is 8.32. The summed E-state index contributed by atoms with van der Waals surface area (Å²) in [5, 5.41) is 2.19. The summed E-state index contributed by atoms with van der Waals surface area (Å²) in [6.07, 6.45) is 1.15. The molecule has 130 valence electrons. The van der Waals surface area contributed by atoms with Crippen molar-refractivity contribution in [1.29, 1.82) is 0 Å². The highest BCUT2D eigenvalue weighted by molar-refractivity contribution is 6.23. The number of fused-ring (bicyclic) bond motifs is 1. The molecule has 25 heavy (non-hydrogen) atoms. The molecule has 1 aromatic rings. The van der Waals surface area contributed by atoms with Crippen LogP contribution in [0.2, 0.25) is 0 Å². The van der Waals surface area contributed by atoms with Crippen molar-refractivity contribution in [2.45, 2.75) is 31.3 Å². The predicted octanol–water partition coefficient (Wildman–Crippen LogP) is -0.375. The number of carbonyl (C=O) groups is 4. The molecule has 1 aromatic carbocycles. The number of benzene rings is 1. The summed E-state index contributed by atoms with van der Waals surface area (Å²) in [6, 6.07) is 4.29. The number of hydrogen-bond donors (Lipinski definition) is 2. The molecule has 3 N–H and O–H groups in total. The first-order valence-corrected chi connectivity index (χ1v) is 8.32. The molecule has 0 spiro atoms. The van der Waals surface area contributed by atoms with Crippen molar-refractivity contribution < 1.29 is 19.2 Å². The topological polar surface area (TPSA) is 113 Å². The second-order valence-electron chi connectivity index (χ2n) is 6.67. The molecule has 0 aromatic heterocycles. The third-order valence-electron chi connectivity index (χ3n) is 5.01. The summed E-state index contributed by atoms with van der Waals surface area (Å²) in [5.74, 6) is -1.96. The quantitative estimate of drug-likeness (QED) is 0.709. The molecule has 0 radical (unpaired) electrons. The van der Waals surface area contributed by atoms with Crippen LogP contribution in [0.1, 0.15) is 40.0 Å². The van der Waals surface area contributed by atoms with E-state index in [4.69, 9.17) is 5.73 Å². The van der Waals surface area contributed by atoms with Gasteiger partial charge in [0, 0.05) is 31.2 Å². The first kappa shape index (κ1) is 15.8. The van der Waals surface area contributed by atoms with Crippen LogP contribution in [0.15, 0.2) is 18.2 Å². The van der Waals surface area contributed by atoms with Gasteiger partial charge in [0.25, 0.3) is 11.8 Å². The molecule has 4 amide bonds. The number of carbonyl (C=O) groups excluding carboxylic acids is 4. The van der Waals surface area contributed by atoms with E-state index >= 15 is 0 Å². The summed E-state index contributed by atoms with van der Waals surface area (Å²) in [6.45, 7) is 1.51. The Morgan fingerprint density at radius 2 is 1.80 bits per heavy atom. The van der Waals surface area contributed by atoms with Gasteiger partial charge in [0.1, 0.15) is 6.04 Å². The van der Waals surface area contributed by atoms with Crippen molar-refractivity contribution in [3.63, 3.8) is 0 Å². The highest BCUT2D eigenvalue weighted by Crippen LogP contribution is 2.31. The zero-order valence-electron chi connectivity index (χ0n) is 13.5. The Hall–Kier alpha value is -2.74. The van der Waals surface area contributed by atoms with Crippen molar-refractivity contribution in [1.82, 2.24) is 10.2 Å². The van der Waals surface area contributed by atoms with Gasteiger partial charge >= 0.3 is 0 Å². The summed E-state index contributed by atoms with van der Waals surface area (Å²) in [4.78, 5) is 51.8. The molecule has 3 aliphatic heterocycles. The van der Waals surface area contributed by atoms with Gasteiger partial charge in [-0.2, -0.15) is 0 Å². The van der Waals surface area contributed by atoms with Crippen LogP contribution in [0, 0.1) is 0 Å². The predicted molar refractivity (Wildman–Crippen MR) is 87.9 cm³/mol. The first-order chi connectivity index (χ1) is 12.0. The minimum absolute atomic E-state index is 0.102. The van der Waals surface area contributed by atoms with Crippen molar-refractivity contribution in [3.8, 4) is 0 Å². The van der Waals surface area contributed by atoms with E-state index in [0.29, 0.717) is 17.7 Å². The largest absolute Gasteiger partial charge is 0.370 e. The van der Waals surface area contributed by atoms with Gasteiger partial charge in [-0.15, -0.1) is 0 Å². The number of anilines is 1. The normalized spacial score (nSPS) is 26.3. The van der Waals surface area contributed by atoms with Gasteiger partial charge < -0.3 is 10.6 Å². The molecular weight excluding hydrogens is 324 g/mol. The summed E-state index contributed by atoms with van der Waals surface area (Å²) < 4.78 is 0. The zero-order chi connectivity index (χ0) is 17.7. The van der Waals surface area contributed by atoms with Crippen LogP contribution in [0.5, 0.6) is 0 Å². The molecule has 2 saturated heterocycles. The van der Waals surface area contributed by atoms with Crippen LogP contribution in [0.25, 0.3) is 0 Å². The average molecular weight is 342 g/mol. The minimum atomic E-state index is -0.936. The lowest BCUT2D eigenvalue weighted by Gasteiger charge is -2.27. The van der Waals surface area contributed by atoms with Gasteiger partial charge in [-0.05, 0) is 31.0 Å². The molecule has 3 aliphatic rings. The van der Waals surface area contributed by atoms with Crippen LogP contribution in [-0.2, 0) is 9.59 Å². The summed E-state index contributed by atoms with van der Waals surface area (Å²) >= 11 is 0. The summed E-state index contributed by atoms with van der Waals surface area (Å²) in [5.41, 5.74) is 7.37. The molecule has 0 saturated carbocycles. The van der Waals surface area contributed by atoms with Gasteiger partial charge in [0.05, 0.1) is 11.1 Å². The van der Waals surface area contributed by atoms with Crippen molar-refractivity contribution in [2.24, 2.45) is 5.73 Å². The van der Waals surface area contributed by atoms with Gasteiger partial charge in [0.2, 0.25) is 11.8 Å². The molecule has 2 atom stereocenters. The Kier molecular flexibility index (Phi) is 3.57. The highest BCUT2D eigenvalue weighted by Gasteiger charge is 2.44. The lowest BCUT2D eigenvalue weighted by Crippen LogP contribution is -2.54. The van der Waals surface area contributed by atoms with Crippen molar-refractivity contribution in [3.05, 3.63) is 29.3 Å². The monoisotopic (exact) mass is 342 g/mol. The van der Waals surface area contributed by atoms with E-state index in [1.54, 1.807) is 18.2 Å².